The Morgan fingerprint density at radius 1 is 1.02 bits per heavy atom. The quantitative estimate of drug-likeness (QED) is 0.372. The molecule has 8 nitrogen and oxygen atoms in total. The van der Waals surface area contributed by atoms with Crippen LogP contribution >= 0.6 is 11.6 Å². The van der Waals surface area contributed by atoms with Crippen molar-refractivity contribution in [3.8, 4) is 22.6 Å². The highest BCUT2D eigenvalue weighted by atomic mass is 35.5. The Bertz CT molecular complexity index is 1550. The largest absolute Gasteiger partial charge is 0.573 e. The first-order valence-corrected chi connectivity index (χ1v) is 12.9. The van der Waals surface area contributed by atoms with Gasteiger partial charge in [0.15, 0.2) is 6.61 Å². The molecule has 3 aromatic rings. The van der Waals surface area contributed by atoms with Gasteiger partial charge in [-0.15, -0.1) is 13.2 Å². The SMILES string of the molecule is O=C1Nc2ccc(-c3cccc(C(F)F)c3)cc2C(=O)N2CCN(C(=O)COc3ccc(OC(F)(F)F)cc3Cl)CC12. The molecule has 1 N–H and O–H groups in total. The second-order valence-corrected chi connectivity index (χ2v) is 9.87. The van der Waals surface area contributed by atoms with Gasteiger partial charge in [-0.25, -0.2) is 8.78 Å². The van der Waals surface area contributed by atoms with Gasteiger partial charge in [0.25, 0.3) is 18.2 Å². The van der Waals surface area contributed by atoms with E-state index in [0.29, 0.717) is 11.1 Å². The van der Waals surface area contributed by atoms with Crippen molar-refractivity contribution in [1.29, 1.82) is 0 Å². The fourth-order valence-corrected chi connectivity index (χ4v) is 4.96. The number of anilines is 1. The van der Waals surface area contributed by atoms with Crippen LogP contribution in [0.25, 0.3) is 11.1 Å². The third-order valence-electron chi connectivity index (χ3n) is 6.76. The predicted molar refractivity (Wildman–Crippen MR) is 140 cm³/mol. The second-order valence-electron chi connectivity index (χ2n) is 9.46. The van der Waals surface area contributed by atoms with Crippen LogP contribution < -0.4 is 14.8 Å². The average molecular weight is 610 g/mol. The van der Waals surface area contributed by atoms with Crippen LogP contribution in [0.2, 0.25) is 5.02 Å². The van der Waals surface area contributed by atoms with Crippen molar-refractivity contribution < 1.29 is 45.8 Å². The van der Waals surface area contributed by atoms with Crippen LogP contribution in [-0.2, 0) is 9.59 Å². The van der Waals surface area contributed by atoms with Gasteiger partial charge in [-0.3, -0.25) is 14.4 Å². The highest BCUT2D eigenvalue weighted by molar-refractivity contribution is 6.32. The highest BCUT2D eigenvalue weighted by Crippen LogP contribution is 2.33. The maximum absolute atomic E-state index is 13.5. The van der Waals surface area contributed by atoms with Crippen molar-refractivity contribution in [1.82, 2.24) is 9.80 Å². The number of fused-ring (bicyclic) bond motifs is 2. The number of hydrogen-bond donors (Lipinski definition) is 1. The van der Waals surface area contributed by atoms with Gasteiger partial charge in [0.1, 0.15) is 17.5 Å². The first-order chi connectivity index (χ1) is 19.9. The van der Waals surface area contributed by atoms with Crippen molar-refractivity contribution >= 4 is 35.0 Å². The van der Waals surface area contributed by atoms with E-state index >= 15 is 0 Å². The van der Waals surface area contributed by atoms with Gasteiger partial charge in [0, 0.05) is 24.7 Å². The van der Waals surface area contributed by atoms with E-state index in [-0.39, 0.29) is 47.2 Å². The molecule has 0 aliphatic carbocycles. The number of amides is 3. The molecule has 14 heteroatoms. The minimum absolute atomic E-state index is 0.0252. The van der Waals surface area contributed by atoms with Crippen LogP contribution in [0.1, 0.15) is 22.3 Å². The molecule has 1 unspecified atom stereocenters. The molecule has 0 aromatic heterocycles. The third-order valence-corrected chi connectivity index (χ3v) is 7.06. The molecule has 5 rings (SSSR count). The van der Waals surface area contributed by atoms with Crippen LogP contribution in [0, 0.1) is 0 Å². The second kappa shape index (κ2) is 11.5. The Balaban J connectivity index is 1.27. The first kappa shape index (κ1) is 29.1. The van der Waals surface area contributed by atoms with Gasteiger partial charge < -0.3 is 24.6 Å². The molecule has 3 amide bonds. The van der Waals surface area contributed by atoms with Crippen LogP contribution in [0.4, 0.5) is 27.6 Å². The van der Waals surface area contributed by atoms with E-state index in [1.54, 1.807) is 12.1 Å². The number of rotatable bonds is 6. The van der Waals surface area contributed by atoms with E-state index in [0.717, 1.165) is 18.2 Å². The molecule has 1 fully saturated rings. The van der Waals surface area contributed by atoms with Gasteiger partial charge >= 0.3 is 6.36 Å². The van der Waals surface area contributed by atoms with E-state index in [4.69, 9.17) is 16.3 Å². The summed E-state index contributed by atoms with van der Waals surface area (Å²) in [4.78, 5) is 42.2. The molecule has 2 heterocycles. The molecule has 0 radical (unpaired) electrons. The number of halogens is 6. The molecule has 0 bridgehead atoms. The van der Waals surface area contributed by atoms with Crippen molar-refractivity contribution in [2.45, 2.75) is 18.8 Å². The molecule has 42 heavy (non-hydrogen) atoms. The summed E-state index contributed by atoms with van der Waals surface area (Å²) in [6.45, 7) is -0.557. The number of nitrogens with zero attached hydrogens (tertiary/aromatic N) is 2. The van der Waals surface area contributed by atoms with Crippen LogP contribution in [-0.4, -0.2) is 66.2 Å². The lowest BCUT2D eigenvalue weighted by atomic mass is 9.99. The van der Waals surface area contributed by atoms with Crippen molar-refractivity contribution in [3.63, 3.8) is 0 Å². The maximum atomic E-state index is 13.5. The van der Waals surface area contributed by atoms with Gasteiger partial charge in [-0.2, -0.15) is 0 Å². The minimum Gasteiger partial charge on any atom is -0.482 e. The zero-order chi connectivity index (χ0) is 30.2. The number of piperazine rings is 1. The Labute approximate surface area is 240 Å². The number of alkyl halides is 5. The topological polar surface area (TPSA) is 88.2 Å². The number of nitrogens with one attached hydrogen (secondary N) is 1. The van der Waals surface area contributed by atoms with Crippen molar-refractivity contribution in [3.05, 3.63) is 76.8 Å². The zero-order valence-corrected chi connectivity index (χ0v) is 22.2. The smallest absolute Gasteiger partial charge is 0.482 e. The standard InChI is InChI=1S/C28H21ClF5N3O5/c29-20-12-18(42-28(32,33)34)5-7-23(20)41-14-24(38)36-8-9-37-22(13-36)26(39)35-21-6-4-16(11-19(21)27(37)40)15-2-1-3-17(10-15)25(30)31/h1-7,10-12,22,25H,8-9,13-14H2,(H,35,39). The van der Waals surface area contributed by atoms with Gasteiger partial charge in [0.05, 0.1) is 22.8 Å². The van der Waals surface area contributed by atoms with Crippen LogP contribution in [0.15, 0.2) is 60.7 Å². The minimum atomic E-state index is -4.90. The number of benzene rings is 3. The summed E-state index contributed by atoms with van der Waals surface area (Å²) in [5, 5.41) is 2.50. The summed E-state index contributed by atoms with van der Waals surface area (Å²) in [5.74, 6) is -2.12. The molecular weight excluding hydrogens is 589 g/mol. The lowest BCUT2D eigenvalue weighted by molar-refractivity contribution is -0.274. The lowest BCUT2D eigenvalue weighted by Crippen LogP contribution is -2.60. The van der Waals surface area contributed by atoms with Crippen LogP contribution in [0.5, 0.6) is 11.5 Å². The summed E-state index contributed by atoms with van der Waals surface area (Å²) in [6.07, 6.45) is -7.56. The normalized spacial score (nSPS) is 16.9. The molecule has 0 saturated carbocycles. The number of carbonyl (C=O) groups excluding carboxylic acids is 3. The van der Waals surface area contributed by atoms with Gasteiger partial charge in [-0.1, -0.05) is 35.9 Å². The molecular formula is C28H21ClF5N3O5. The Morgan fingerprint density at radius 3 is 2.50 bits per heavy atom. The maximum Gasteiger partial charge on any atom is 0.573 e. The van der Waals surface area contributed by atoms with Gasteiger partial charge in [-0.05, 0) is 41.5 Å². The van der Waals surface area contributed by atoms with E-state index in [9.17, 15) is 36.3 Å². The third kappa shape index (κ3) is 6.25. The fraction of sp³-hybridized carbons (Fsp3) is 0.250. The molecule has 220 valence electrons. The van der Waals surface area contributed by atoms with E-state index in [1.165, 1.54) is 40.1 Å². The number of hydrogen-bond acceptors (Lipinski definition) is 5. The molecule has 2 aliphatic heterocycles. The zero-order valence-electron chi connectivity index (χ0n) is 21.5. The first-order valence-electron chi connectivity index (χ1n) is 12.5. The Hall–Kier alpha value is -4.39. The molecule has 1 saturated heterocycles. The Kier molecular flexibility index (Phi) is 7.95. The number of ether oxygens (including phenoxy) is 2. The van der Waals surface area contributed by atoms with Crippen molar-refractivity contribution in [2.24, 2.45) is 0 Å². The Morgan fingerprint density at radius 2 is 1.79 bits per heavy atom. The van der Waals surface area contributed by atoms with E-state index in [1.807, 2.05) is 0 Å². The molecule has 3 aromatic carbocycles. The summed E-state index contributed by atoms with van der Waals surface area (Å²) >= 11 is 5.96. The van der Waals surface area contributed by atoms with E-state index < -0.39 is 48.9 Å². The highest BCUT2D eigenvalue weighted by Gasteiger charge is 2.40. The summed E-state index contributed by atoms with van der Waals surface area (Å²) in [6, 6.07) is 12.4. The fourth-order valence-electron chi connectivity index (χ4n) is 4.74. The monoisotopic (exact) mass is 609 g/mol. The van der Waals surface area contributed by atoms with E-state index in [2.05, 4.69) is 10.1 Å². The summed E-state index contributed by atoms with van der Waals surface area (Å²) in [5.41, 5.74) is 1.26. The predicted octanol–water partition coefficient (Wildman–Crippen LogP) is 5.53. The summed E-state index contributed by atoms with van der Waals surface area (Å²) in [7, 11) is 0. The lowest BCUT2D eigenvalue weighted by Gasteiger charge is -2.39. The average Bonchev–Trinajstić information content (AvgIpc) is 3.05. The number of carbonyl (C=O) groups is 3. The van der Waals surface area contributed by atoms with Crippen LogP contribution in [0.3, 0.4) is 0 Å². The molecule has 2 aliphatic rings. The summed E-state index contributed by atoms with van der Waals surface area (Å²) < 4.78 is 72.8. The van der Waals surface area contributed by atoms with Gasteiger partial charge in [0.2, 0.25) is 5.91 Å². The van der Waals surface area contributed by atoms with Crippen molar-refractivity contribution in [2.75, 3.05) is 31.6 Å². The molecule has 1 atom stereocenters. The molecule has 0 spiro atoms.